The van der Waals surface area contributed by atoms with Crippen LogP contribution in [-0.4, -0.2) is 17.0 Å². The summed E-state index contributed by atoms with van der Waals surface area (Å²) in [6.45, 7) is 5.53. The first-order chi connectivity index (χ1) is 9.26. The molecule has 0 spiro atoms. The molecule has 1 amide bonds. The average Bonchev–Trinajstić information content (AvgIpc) is 2.93. The van der Waals surface area contributed by atoms with Crippen molar-refractivity contribution in [2.24, 2.45) is 17.3 Å². The molecule has 0 aliphatic heterocycles. The predicted molar refractivity (Wildman–Crippen MR) is 79.1 cm³/mol. The van der Waals surface area contributed by atoms with Gasteiger partial charge in [0.1, 0.15) is 0 Å². The maximum Gasteiger partial charge on any atom is 0.307 e. The normalized spacial score (nSPS) is 24.8. The number of carboxylic acid groups (broad SMARTS) is 1. The molecule has 4 nitrogen and oxygen atoms in total. The molecule has 5 heteroatoms. The van der Waals surface area contributed by atoms with Crippen LogP contribution >= 0.6 is 15.9 Å². The Balaban J connectivity index is 2.07. The lowest BCUT2D eigenvalue weighted by Crippen LogP contribution is -2.30. The van der Waals surface area contributed by atoms with Crippen molar-refractivity contribution in [3.63, 3.8) is 0 Å². The molecule has 1 saturated carbocycles. The van der Waals surface area contributed by atoms with Gasteiger partial charge in [0.15, 0.2) is 0 Å². The maximum absolute atomic E-state index is 12.2. The fourth-order valence-corrected chi connectivity index (χ4v) is 3.42. The van der Waals surface area contributed by atoms with E-state index in [1.54, 1.807) is 0 Å². The van der Waals surface area contributed by atoms with Crippen molar-refractivity contribution in [3.05, 3.63) is 34.3 Å². The summed E-state index contributed by atoms with van der Waals surface area (Å²) in [5, 5.41) is 12.0. The van der Waals surface area contributed by atoms with E-state index in [2.05, 4.69) is 21.2 Å². The zero-order valence-electron chi connectivity index (χ0n) is 11.7. The smallest absolute Gasteiger partial charge is 0.307 e. The fraction of sp³-hybridized carbons (Fsp3) is 0.467. The molecule has 1 aromatic carbocycles. The van der Waals surface area contributed by atoms with Gasteiger partial charge < -0.3 is 10.4 Å². The van der Waals surface area contributed by atoms with E-state index in [4.69, 9.17) is 5.11 Å². The van der Waals surface area contributed by atoms with E-state index in [1.165, 1.54) is 0 Å². The Kier molecular flexibility index (Phi) is 3.91. The third-order valence-electron chi connectivity index (χ3n) is 4.11. The van der Waals surface area contributed by atoms with Gasteiger partial charge in [0.25, 0.3) is 0 Å². The number of nitrogens with one attached hydrogen (secondary N) is 1. The second-order valence-corrected chi connectivity index (χ2v) is 6.72. The summed E-state index contributed by atoms with van der Waals surface area (Å²) in [5.41, 5.74) is 0.509. The molecule has 0 heterocycles. The summed E-state index contributed by atoms with van der Waals surface area (Å²) in [4.78, 5) is 23.4. The Morgan fingerprint density at radius 3 is 2.40 bits per heavy atom. The lowest BCUT2D eigenvalue weighted by molar-refractivity contribution is -0.140. The number of halogens is 1. The maximum atomic E-state index is 12.2. The highest BCUT2D eigenvalue weighted by molar-refractivity contribution is 9.10. The third-order valence-corrected chi connectivity index (χ3v) is 4.83. The molecule has 0 saturated heterocycles. The molecule has 3 atom stereocenters. The number of benzene rings is 1. The van der Waals surface area contributed by atoms with Gasteiger partial charge >= 0.3 is 5.97 Å². The molecular weight excluding hydrogens is 322 g/mol. The van der Waals surface area contributed by atoms with Gasteiger partial charge in [0.05, 0.1) is 17.9 Å². The molecule has 3 unspecified atom stereocenters. The predicted octanol–water partition coefficient (Wildman–Crippen LogP) is 2.98. The van der Waals surface area contributed by atoms with Gasteiger partial charge in [-0.05, 0) is 24.0 Å². The summed E-state index contributed by atoms with van der Waals surface area (Å²) in [7, 11) is 0. The van der Waals surface area contributed by atoms with Gasteiger partial charge in [-0.3, -0.25) is 9.59 Å². The largest absolute Gasteiger partial charge is 0.481 e. The molecule has 1 aliphatic rings. The van der Waals surface area contributed by atoms with E-state index in [1.807, 2.05) is 45.0 Å². The quantitative estimate of drug-likeness (QED) is 0.886. The van der Waals surface area contributed by atoms with Crippen LogP contribution in [0.25, 0.3) is 0 Å². The average molecular weight is 340 g/mol. The van der Waals surface area contributed by atoms with Crippen LogP contribution in [0.15, 0.2) is 28.7 Å². The Bertz CT molecular complexity index is 556. The highest BCUT2D eigenvalue weighted by Crippen LogP contribution is 2.58. The van der Waals surface area contributed by atoms with E-state index in [0.717, 1.165) is 10.0 Å². The minimum absolute atomic E-state index is 0.163. The van der Waals surface area contributed by atoms with E-state index >= 15 is 0 Å². The van der Waals surface area contributed by atoms with Crippen LogP contribution in [0.2, 0.25) is 0 Å². The zero-order chi connectivity index (χ0) is 15.1. The Labute approximate surface area is 126 Å². The summed E-state index contributed by atoms with van der Waals surface area (Å²) in [6, 6.07) is 7.50. The first-order valence-electron chi connectivity index (χ1n) is 6.54. The molecule has 0 bridgehead atoms. The zero-order valence-corrected chi connectivity index (χ0v) is 13.3. The SMILES string of the molecule is CC(NC(=O)C1C(C(=O)O)C1(C)C)c1ccccc1Br. The number of hydrogen-bond acceptors (Lipinski definition) is 2. The monoisotopic (exact) mass is 339 g/mol. The van der Waals surface area contributed by atoms with Crippen LogP contribution in [0.1, 0.15) is 32.4 Å². The number of carbonyl (C=O) groups excluding carboxylic acids is 1. The van der Waals surface area contributed by atoms with Crippen LogP contribution < -0.4 is 5.32 Å². The van der Waals surface area contributed by atoms with E-state index in [-0.39, 0.29) is 11.9 Å². The van der Waals surface area contributed by atoms with Gasteiger partial charge in [-0.1, -0.05) is 48.0 Å². The second-order valence-electron chi connectivity index (χ2n) is 5.87. The second kappa shape index (κ2) is 5.20. The van der Waals surface area contributed by atoms with E-state index in [9.17, 15) is 9.59 Å². The topological polar surface area (TPSA) is 66.4 Å². The first kappa shape index (κ1) is 15.0. The van der Waals surface area contributed by atoms with Gasteiger partial charge in [0.2, 0.25) is 5.91 Å². The molecule has 1 fully saturated rings. The van der Waals surface area contributed by atoms with E-state index in [0.29, 0.717) is 0 Å². The Morgan fingerprint density at radius 2 is 1.90 bits per heavy atom. The Morgan fingerprint density at radius 1 is 1.30 bits per heavy atom. The van der Waals surface area contributed by atoms with Crippen LogP contribution in [0.3, 0.4) is 0 Å². The number of amides is 1. The third kappa shape index (κ3) is 2.59. The van der Waals surface area contributed by atoms with Gasteiger partial charge in [-0.15, -0.1) is 0 Å². The van der Waals surface area contributed by atoms with Gasteiger partial charge in [-0.25, -0.2) is 0 Å². The summed E-state index contributed by atoms with van der Waals surface area (Å²) < 4.78 is 0.928. The van der Waals surface area contributed by atoms with Crippen molar-refractivity contribution in [3.8, 4) is 0 Å². The summed E-state index contributed by atoms with van der Waals surface area (Å²) in [6.07, 6.45) is 0. The highest BCUT2D eigenvalue weighted by Gasteiger charge is 2.65. The molecule has 1 aliphatic carbocycles. The molecule has 2 N–H and O–H groups in total. The lowest BCUT2D eigenvalue weighted by atomic mass is 10.1. The van der Waals surface area contributed by atoms with Gasteiger partial charge in [0, 0.05) is 4.47 Å². The van der Waals surface area contributed by atoms with Crippen LogP contribution in [0, 0.1) is 17.3 Å². The molecule has 108 valence electrons. The van der Waals surface area contributed by atoms with Crippen LogP contribution in [-0.2, 0) is 9.59 Å². The van der Waals surface area contributed by atoms with Crippen LogP contribution in [0.5, 0.6) is 0 Å². The number of aliphatic carboxylic acids is 1. The van der Waals surface area contributed by atoms with Crippen molar-refractivity contribution in [1.29, 1.82) is 0 Å². The van der Waals surface area contributed by atoms with Crippen molar-refractivity contribution < 1.29 is 14.7 Å². The van der Waals surface area contributed by atoms with Crippen molar-refractivity contribution in [2.75, 3.05) is 0 Å². The van der Waals surface area contributed by atoms with E-state index < -0.39 is 23.2 Å². The van der Waals surface area contributed by atoms with Crippen molar-refractivity contribution >= 4 is 27.8 Å². The molecular formula is C15H18BrNO3. The van der Waals surface area contributed by atoms with Gasteiger partial charge in [-0.2, -0.15) is 0 Å². The highest BCUT2D eigenvalue weighted by atomic mass is 79.9. The number of rotatable bonds is 4. The number of carbonyl (C=O) groups is 2. The molecule has 20 heavy (non-hydrogen) atoms. The molecule has 1 aromatic rings. The summed E-state index contributed by atoms with van der Waals surface area (Å²) in [5.74, 6) is -2.13. The fourth-order valence-electron chi connectivity index (χ4n) is 2.80. The first-order valence-corrected chi connectivity index (χ1v) is 7.33. The number of hydrogen-bond donors (Lipinski definition) is 2. The van der Waals surface area contributed by atoms with Crippen molar-refractivity contribution in [1.82, 2.24) is 5.32 Å². The minimum atomic E-state index is -0.899. The lowest BCUT2D eigenvalue weighted by Gasteiger charge is -2.16. The van der Waals surface area contributed by atoms with Crippen molar-refractivity contribution in [2.45, 2.75) is 26.8 Å². The molecule has 0 radical (unpaired) electrons. The number of carboxylic acids is 1. The molecule has 2 rings (SSSR count). The molecule has 0 aromatic heterocycles. The standard InChI is InChI=1S/C15H18BrNO3/c1-8(9-6-4-5-7-10(9)16)17-13(18)11-12(14(19)20)15(11,2)3/h4-8,11-12H,1-3H3,(H,17,18)(H,19,20). The van der Waals surface area contributed by atoms with Crippen LogP contribution in [0.4, 0.5) is 0 Å². The minimum Gasteiger partial charge on any atom is -0.481 e. The Hall–Kier alpha value is -1.36. The summed E-state index contributed by atoms with van der Waals surface area (Å²) >= 11 is 3.45.